The van der Waals surface area contributed by atoms with E-state index in [1.165, 1.54) is 19.2 Å². The van der Waals surface area contributed by atoms with Crippen LogP contribution in [0.1, 0.15) is 65.8 Å². The van der Waals surface area contributed by atoms with Crippen LogP contribution in [0.5, 0.6) is 11.5 Å². The van der Waals surface area contributed by atoms with E-state index in [-0.39, 0.29) is 41.8 Å². The van der Waals surface area contributed by atoms with Crippen molar-refractivity contribution in [2.75, 3.05) is 20.3 Å². The van der Waals surface area contributed by atoms with E-state index < -0.39 is 34.5 Å². The van der Waals surface area contributed by atoms with Gasteiger partial charge in [-0.15, -0.1) is 0 Å². The summed E-state index contributed by atoms with van der Waals surface area (Å²) in [6, 6.07) is 7.72. The average molecular weight is 618 g/mol. The first-order chi connectivity index (χ1) is 21.4. The number of fused-ring (bicyclic) bond motifs is 2. The van der Waals surface area contributed by atoms with Gasteiger partial charge in [-0.1, -0.05) is 0 Å². The first-order valence-corrected chi connectivity index (χ1v) is 14.9. The van der Waals surface area contributed by atoms with Gasteiger partial charge >= 0.3 is 0 Å². The third-order valence-corrected chi connectivity index (χ3v) is 9.25. The molecule has 2 saturated carbocycles. The molecule has 2 aromatic heterocycles. The lowest BCUT2D eigenvalue weighted by Gasteiger charge is -2.30. The third kappa shape index (κ3) is 4.78. The second kappa shape index (κ2) is 10.2. The molecule has 0 saturated heterocycles. The quantitative estimate of drug-likeness (QED) is 0.256. The van der Waals surface area contributed by atoms with Gasteiger partial charge < -0.3 is 25.6 Å². The monoisotopic (exact) mass is 617 g/mol. The molecule has 4 aromatic rings. The highest BCUT2D eigenvalue weighted by atomic mass is 19.2. The van der Waals surface area contributed by atoms with Gasteiger partial charge in [-0.05, 0) is 81.3 Å². The van der Waals surface area contributed by atoms with Crippen molar-refractivity contribution < 1.29 is 33.0 Å². The number of nitrogens with zero attached hydrogens (tertiary/aromatic N) is 3. The van der Waals surface area contributed by atoms with Crippen molar-refractivity contribution in [3.05, 3.63) is 70.5 Å². The van der Waals surface area contributed by atoms with Gasteiger partial charge in [-0.2, -0.15) is 5.10 Å². The predicted octanol–water partition coefficient (Wildman–Crippen LogP) is 4.19. The van der Waals surface area contributed by atoms with Gasteiger partial charge in [0.1, 0.15) is 40.3 Å². The topological polar surface area (TPSA) is 142 Å². The number of aliphatic hydroxyl groups is 1. The van der Waals surface area contributed by atoms with E-state index in [1.807, 2.05) is 10.9 Å². The number of nitrogens with one attached hydrogen (secondary N) is 1. The smallest absolute Gasteiger partial charge is 0.251 e. The molecule has 3 aliphatic rings. The molecule has 0 bridgehead atoms. The highest BCUT2D eigenvalue weighted by Crippen LogP contribution is 2.50. The normalized spacial score (nSPS) is 20.4. The molecular weight excluding hydrogens is 584 g/mol. The zero-order valence-corrected chi connectivity index (χ0v) is 25.1. The van der Waals surface area contributed by atoms with Crippen LogP contribution in [0, 0.1) is 24.5 Å². The van der Waals surface area contributed by atoms with Gasteiger partial charge in [0.2, 0.25) is 5.91 Å². The van der Waals surface area contributed by atoms with E-state index in [4.69, 9.17) is 15.2 Å². The standard InChI is InChI=1S/C33H33F2N5O5/c1-16-8-21(26(35)23(34)9-16)28-29-22(32(2,15-45-29)31(36)42)12-25(38-28)33(43,19-4-5-19)14-37-30(41)17-10-18-13-40(20-6-7-20)39-27(18)24(11-17)44-3/h8-13,19-20,43H,4-7,14-15H2,1-3H3,(H2,36,42)(H,37,41)/t32-,33+/m0/s1. The number of rotatable bonds is 9. The lowest BCUT2D eigenvalue weighted by Crippen LogP contribution is -2.44. The molecule has 1 aliphatic heterocycles. The summed E-state index contributed by atoms with van der Waals surface area (Å²) < 4.78 is 43.1. The van der Waals surface area contributed by atoms with Gasteiger partial charge in [-0.3, -0.25) is 14.3 Å². The third-order valence-electron chi connectivity index (χ3n) is 9.25. The van der Waals surface area contributed by atoms with Gasteiger partial charge in [0.05, 0.1) is 25.4 Å². The van der Waals surface area contributed by atoms with Crippen LogP contribution >= 0.6 is 0 Å². The van der Waals surface area contributed by atoms with Crippen molar-refractivity contribution >= 4 is 22.7 Å². The Morgan fingerprint density at radius 1 is 1.20 bits per heavy atom. The molecule has 7 rings (SSSR count). The van der Waals surface area contributed by atoms with Crippen molar-refractivity contribution in [2.24, 2.45) is 11.7 Å². The number of hydrogen-bond acceptors (Lipinski definition) is 7. The molecule has 0 unspecified atom stereocenters. The fourth-order valence-corrected chi connectivity index (χ4v) is 6.15. The molecule has 234 valence electrons. The predicted molar refractivity (Wildman–Crippen MR) is 160 cm³/mol. The minimum atomic E-state index is -1.70. The molecule has 4 N–H and O–H groups in total. The number of ether oxygens (including phenoxy) is 2. The molecule has 2 aromatic carbocycles. The largest absolute Gasteiger partial charge is 0.494 e. The molecule has 45 heavy (non-hydrogen) atoms. The maximum Gasteiger partial charge on any atom is 0.251 e. The SMILES string of the molecule is COc1cc(C(=O)NC[C@](O)(c2cc3c(c(-c4cc(C)cc(F)c4F)n2)OC[C@]3(C)C(N)=O)C2CC2)cc2cn(C3CC3)nc12. The average Bonchev–Trinajstić information content (AvgIpc) is 3.96. The maximum absolute atomic E-state index is 15.3. The highest BCUT2D eigenvalue weighted by Gasteiger charge is 2.50. The maximum atomic E-state index is 15.3. The number of carbonyl (C=O) groups is 2. The van der Waals surface area contributed by atoms with E-state index in [0.29, 0.717) is 46.8 Å². The number of pyridine rings is 1. The van der Waals surface area contributed by atoms with Crippen LogP contribution < -0.4 is 20.5 Å². The van der Waals surface area contributed by atoms with E-state index in [0.717, 1.165) is 24.3 Å². The molecule has 10 nitrogen and oxygen atoms in total. The van der Waals surface area contributed by atoms with Crippen LogP contribution in [0.15, 0.2) is 36.5 Å². The molecule has 3 heterocycles. The summed E-state index contributed by atoms with van der Waals surface area (Å²) in [5, 5.41) is 20.4. The molecule has 2 fully saturated rings. The summed E-state index contributed by atoms with van der Waals surface area (Å²) in [5.41, 5.74) is 4.37. The van der Waals surface area contributed by atoms with Gasteiger partial charge in [-0.25, -0.2) is 13.8 Å². The minimum Gasteiger partial charge on any atom is -0.494 e. The van der Waals surface area contributed by atoms with Crippen LogP contribution in [0.4, 0.5) is 8.78 Å². The number of nitrogens with two attached hydrogens (primary N) is 1. The van der Waals surface area contributed by atoms with Crippen molar-refractivity contribution in [3.8, 4) is 22.8 Å². The van der Waals surface area contributed by atoms with Crippen molar-refractivity contribution in [1.82, 2.24) is 20.1 Å². The number of hydrogen-bond donors (Lipinski definition) is 3. The highest BCUT2D eigenvalue weighted by molar-refractivity contribution is 6.00. The molecule has 2 aliphatic carbocycles. The number of primary amides is 1. The number of aromatic nitrogens is 3. The first kappa shape index (κ1) is 29.1. The fraction of sp³-hybridized carbons (Fsp3) is 0.394. The van der Waals surface area contributed by atoms with Crippen LogP contribution in [-0.4, -0.2) is 51.9 Å². The lowest BCUT2D eigenvalue weighted by molar-refractivity contribution is -0.123. The van der Waals surface area contributed by atoms with Crippen LogP contribution in [0.2, 0.25) is 0 Å². The fourth-order valence-electron chi connectivity index (χ4n) is 6.15. The van der Waals surface area contributed by atoms with E-state index in [1.54, 1.807) is 26.0 Å². The molecule has 0 spiro atoms. The number of amides is 2. The van der Waals surface area contributed by atoms with E-state index in [2.05, 4.69) is 15.4 Å². The Bertz CT molecular complexity index is 1900. The van der Waals surface area contributed by atoms with Crippen LogP contribution in [0.3, 0.4) is 0 Å². The summed E-state index contributed by atoms with van der Waals surface area (Å²) in [4.78, 5) is 30.8. The van der Waals surface area contributed by atoms with Crippen molar-refractivity contribution in [1.29, 1.82) is 0 Å². The Balaban J connectivity index is 1.28. The summed E-state index contributed by atoms with van der Waals surface area (Å²) in [6.07, 6.45) is 5.30. The Labute approximate surface area is 257 Å². The minimum absolute atomic E-state index is 0.0548. The molecule has 0 radical (unpaired) electrons. The van der Waals surface area contributed by atoms with Crippen LogP contribution in [0.25, 0.3) is 22.2 Å². The zero-order chi connectivity index (χ0) is 31.8. The van der Waals surface area contributed by atoms with Gasteiger partial charge in [0, 0.05) is 28.3 Å². The number of benzene rings is 2. The zero-order valence-electron chi connectivity index (χ0n) is 25.1. The number of halogens is 2. The second-order valence-corrected chi connectivity index (χ2v) is 12.7. The summed E-state index contributed by atoms with van der Waals surface area (Å²) in [6.45, 7) is 2.84. The summed E-state index contributed by atoms with van der Waals surface area (Å²) >= 11 is 0. The molecule has 12 heteroatoms. The summed E-state index contributed by atoms with van der Waals surface area (Å²) in [5.74, 6) is -3.07. The molecule has 2 atom stereocenters. The second-order valence-electron chi connectivity index (χ2n) is 12.7. The van der Waals surface area contributed by atoms with Gasteiger partial charge in [0.15, 0.2) is 11.6 Å². The van der Waals surface area contributed by atoms with Crippen LogP contribution in [-0.2, 0) is 15.8 Å². The Morgan fingerprint density at radius 3 is 2.62 bits per heavy atom. The number of aryl methyl sites for hydroxylation is 1. The Hall–Kier alpha value is -4.58. The molecule has 2 amide bonds. The van der Waals surface area contributed by atoms with Gasteiger partial charge in [0.25, 0.3) is 5.91 Å². The number of methoxy groups -OCH3 is 1. The summed E-state index contributed by atoms with van der Waals surface area (Å²) in [7, 11) is 1.52. The molecular formula is C33H33F2N5O5. The lowest BCUT2D eigenvalue weighted by atomic mass is 9.81. The Morgan fingerprint density at radius 2 is 1.96 bits per heavy atom. The Kier molecular flexibility index (Phi) is 6.63. The van der Waals surface area contributed by atoms with E-state index >= 15 is 4.39 Å². The van der Waals surface area contributed by atoms with Crippen molar-refractivity contribution in [2.45, 2.75) is 56.6 Å². The van der Waals surface area contributed by atoms with Crippen molar-refractivity contribution in [3.63, 3.8) is 0 Å². The number of carbonyl (C=O) groups excluding carboxylic acids is 2. The first-order valence-electron chi connectivity index (χ1n) is 14.9. The van der Waals surface area contributed by atoms with E-state index in [9.17, 15) is 19.1 Å².